The lowest BCUT2D eigenvalue weighted by Gasteiger charge is -1.99. The molecule has 16 heavy (non-hydrogen) atoms. The summed E-state index contributed by atoms with van der Waals surface area (Å²) in [5.74, 6) is 0. The minimum Gasteiger partial charge on any atom is -0.329 e. The van der Waals surface area contributed by atoms with Crippen LogP contribution in [0.3, 0.4) is 0 Å². The zero-order valence-electron chi connectivity index (χ0n) is 8.28. The Hall–Kier alpha value is -2.36. The van der Waals surface area contributed by atoms with Crippen LogP contribution < -0.4 is 11.1 Å². The van der Waals surface area contributed by atoms with Gasteiger partial charge in [0.1, 0.15) is 0 Å². The molecule has 0 unspecified atom stereocenters. The highest BCUT2D eigenvalue weighted by molar-refractivity contribution is 5.97. The standard InChI is InChI=1S/C12H8N2O2/c15-11-9-6-10-8(2-4-14-12(10)16)5-7(9)1-3-13-11/h1-6H,(H,13,15)(H,14,16). The predicted octanol–water partition coefficient (Wildman–Crippen LogP) is 1.37. The van der Waals surface area contributed by atoms with Crippen molar-refractivity contribution in [1.29, 1.82) is 0 Å². The van der Waals surface area contributed by atoms with Gasteiger partial charge >= 0.3 is 0 Å². The molecule has 3 rings (SSSR count). The van der Waals surface area contributed by atoms with E-state index in [4.69, 9.17) is 0 Å². The van der Waals surface area contributed by atoms with E-state index in [0.29, 0.717) is 10.8 Å². The number of fused-ring (bicyclic) bond motifs is 2. The van der Waals surface area contributed by atoms with E-state index in [9.17, 15) is 9.59 Å². The van der Waals surface area contributed by atoms with Crippen molar-refractivity contribution in [3.8, 4) is 0 Å². The molecule has 0 aliphatic carbocycles. The fourth-order valence-corrected chi connectivity index (χ4v) is 1.87. The van der Waals surface area contributed by atoms with Gasteiger partial charge in [-0.3, -0.25) is 9.59 Å². The average molecular weight is 212 g/mol. The first-order valence-electron chi connectivity index (χ1n) is 4.88. The molecule has 0 saturated carbocycles. The van der Waals surface area contributed by atoms with E-state index >= 15 is 0 Å². The molecule has 0 bridgehead atoms. The third-order valence-electron chi connectivity index (χ3n) is 2.67. The number of H-pyrrole nitrogens is 2. The Labute approximate surface area is 89.6 Å². The normalized spacial score (nSPS) is 11.0. The van der Waals surface area contributed by atoms with E-state index in [1.165, 1.54) is 0 Å². The molecule has 0 fully saturated rings. The van der Waals surface area contributed by atoms with E-state index in [1.807, 2.05) is 18.2 Å². The third-order valence-corrected chi connectivity index (χ3v) is 2.67. The second-order valence-corrected chi connectivity index (χ2v) is 3.64. The van der Waals surface area contributed by atoms with Gasteiger partial charge in [-0.15, -0.1) is 0 Å². The minimum atomic E-state index is -0.178. The highest BCUT2D eigenvalue weighted by Gasteiger charge is 2.03. The molecular formula is C12H8N2O2. The van der Waals surface area contributed by atoms with Crippen LogP contribution in [0.1, 0.15) is 0 Å². The van der Waals surface area contributed by atoms with Crippen molar-refractivity contribution in [2.45, 2.75) is 0 Å². The molecule has 0 amide bonds. The molecule has 0 atom stereocenters. The summed E-state index contributed by atoms with van der Waals surface area (Å²) in [6.45, 7) is 0. The summed E-state index contributed by atoms with van der Waals surface area (Å²) >= 11 is 0. The summed E-state index contributed by atoms with van der Waals surface area (Å²) in [6.07, 6.45) is 3.20. The quantitative estimate of drug-likeness (QED) is 0.553. The van der Waals surface area contributed by atoms with Gasteiger partial charge < -0.3 is 9.97 Å². The number of aromatic nitrogens is 2. The molecule has 2 heterocycles. The average Bonchev–Trinajstić information content (AvgIpc) is 2.28. The predicted molar refractivity (Wildman–Crippen MR) is 62.7 cm³/mol. The second kappa shape index (κ2) is 3.06. The number of hydrogen-bond acceptors (Lipinski definition) is 2. The molecule has 1 aromatic carbocycles. The van der Waals surface area contributed by atoms with Gasteiger partial charge in [-0.1, -0.05) is 0 Å². The number of rotatable bonds is 0. The van der Waals surface area contributed by atoms with Gasteiger partial charge in [0.25, 0.3) is 11.1 Å². The van der Waals surface area contributed by atoms with Crippen molar-refractivity contribution in [3.63, 3.8) is 0 Å². The first-order valence-corrected chi connectivity index (χ1v) is 4.88. The maximum Gasteiger partial charge on any atom is 0.255 e. The molecule has 2 N–H and O–H groups in total. The second-order valence-electron chi connectivity index (χ2n) is 3.64. The smallest absolute Gasteiger partial charge is 0.255 e. The lowest BCUT2D eigenvalue weighted by Crippen LogP contribution is -2.08. The minimum absolute atomic E-state index is 0.178. The summed E-state index contributed by atoms with van der Waals surface area (Å²) in [4.78, 5) is 28.3. The molecule has 0 spiro atoms. The number of aromatic amines is 2. The zero-order chi connectivity index (χ0) is 11.1. The Morgan fingerprint density at radius 1 is 0.750 bits per heavy atom. The lowest BCUT2D eigenvalue weighted by atomic mass is 10.1. The van der Waals surface area contributed by atoms with E-state index in [2.05, 4.69) is 9.97 Å². The molecular weight excluding hydrogens is 204 g/mol. The summed E-state index contributed by atoms with van der Waals surface area (Å²) < 4.78 is 0. The van der Waals surface area contributed by atoms with Gasteiger partial charge in [-0.2, -0.15) is 0 Å². The number of nitrogens with one attached hydrogen (secondary N) is 2. The molecule has 4 nitrogen and oxygen atoms in total. The zero-order valence-corrected chi connectivity index (χ0v) is 8.28. The van der Waals surface area contributed by atoms with Crippen LogP contribution in [-0.2, 0) is 0 Å². The van der Waals surface area contributed by atoms with Crippen LogP contribution >= 0.6 is 0 Å². The maximum atomic E-state index is 11.6. The van der Waals surface area contributed by atoms with Gasteiger partial charge in [0, 0.05) is 23.2 Å². The van der Waals surface area contributed by atoms with E-state index in [1.54, 1.807) is 18.5 Å². The number of hydrogen-bond donors (Lipinski definition) is 2. The van der Waals surface area contributed by atoms with Gasteiger partial charge in [-0.25, -0.2) is 0 Å². The third kappa shape index (κ3) is 1.16. The SMILES string of the molecule is O=c1[nH]ccc2cc3cc[nH]c(=O)c3cc12. The van der Waals surface area contributed by atoms with Crippen molar-refractivity contribution in [3.05, 3.63) is 57.4 Å². The summed E-state index contributed by atoms with van der Waals surface area (Å²) in [5.41, 5.74) is -0.356. The largest absolute Gasteiger partial charge is 0.329 e. The van der Waals surface area contributed by atoms with Crippen LogP contribution in [0.2, 0.25) is 0 Å². The molecule has 2 aromatic heterocycles. The fraction of sp³-hybridized carbons (Fsp3) is 0. The molecule has 0 saturated heterocycles. The molecule has 4 heteroatoms. The van der Waals surface area contributed by atoms with Crippen LogP contribution in [0.15, 0.2) is 46.2 Å². The highest BCUT2D eigenvalue weighted by atomic mass is 16.1. The van der Waals surface area contributed by atoms with E-state index < -0.39 is 0 Å². The Balaban J connectivity index is 2.65. The van der Waals surface area contributed by atoms with E-state index in [-0.39, 0.29) is 11.1 Å². The van der Waals surface area contributed by atoms with Crippen LogP contribution in [0, 0.1) is 0 Å². The van der Waals surface area contributed by atoms with Crippen molar-refractivity contribution < 1.29 is 0 Å². The van der Waals surface area contributed by atoms with Crippen LogP contribution in [-0.4, -0.2) is 9.97 Å². The number of pyridine rings is 2. The summed E-state index contributed by atoms with van der Waals surface area (Å²) in [7, 11) is 0. The molecule has 0 aliphatic rings. The van der Waals surface area contributed by atoms with Crippen LogP contribution in [0.25, 0.3) is 21.5 Å². The highest BCUT2D eigenvalue weighted by Crippen LogP contribution is 2.16. The number of benzene rings is 1. The Kier molecular flexibility index (Phi) is 1.71. The summed E-state index contributed by atoms with van der Waals surface area (Å²) in [5, 5.41) is 2.74. The monoisotopic (exact) mass is 212 g/mol. The first-order chi connectivity index (χ1) is 7.75. The maximum absolute atomic E-state index is 11.6. The Bertz CT molecular complexity index is 734. The topological polar surface area (TPSA) is 65.7 Å². The van der Waals surface area contributed by atoms with Crippen molar-refractivity contribution in [2.24, 2.45) is 0 Å². The van der Waals surface area contributed by atoms with Gasteiger partial charge in [-0.05, 0) is 35.0 Å². The molecule has 0 aliphatic heterocycles. The van der Waals surface area contributed by atoms with Crippen molar-refractivity contribution in [2.75, 3.05) is 0 Å². The Morgan fingerprint density at radius 2 is 1.25 bits per heavy atom. The van der Waals surface area contributed by atoms with Crippen molar-refractivity contribution >= 4 is 21.5 Å². The van der Waals surface area contributed by atoms with Gasteiger partial charge in [0.15, 0.2) is 0 Å². The molecule has 78 valence electrons. The van der Waals surface area contributed by atoms with Gasteiger partial charge in [0.2, 0.25) is 0 Å². The Morgan fingerprint density at radius 3 is 1.75 bits per heavy atom. The molecule has 0 radical (unpaired) electrons. The van der Waals surface area contributed by atoms with Crippen LogP contribution in [0.5, 0.6) is 0 Å². The first kappa shape index (κ1) is 8.91. The lowest BCUT2D eigenvalue weighted by molar-refractivity contribution is 1.27. The van der Waals surface area contributed by atoms with Crippen molar-refractivity contribution in [1.82, 2.24) is 9.97 Å². The fourth-order valence-electron chi connectivity index (χ4n) is 1.87. The van der Waals surface area contributed by atoms with E-state index in [0.717, 1.165) is 10.8 Å². The van der Waals surface area contributed by atoms with Gasteiger partial charge in [0.05, 0.1) is 0 Å². The molecule has 3 aromatic rings. The van der Waals surface area contributed by atoms with Crippen LogP contribution in [0.4, 0.5) is 0 Å². The summed E-state index contributed by atoms with van der Waals surface area (Å²) in [6, 6.07) is 7.10.